The predicted octanol–water partition coefficient (Wildman–Crippen LogP) is 2.35. The van der Waals surface area contributed by atoms with E-state index in [9.17, 15) is 13.2 Å². The van der Waals surface area contributed by atoms with E-state index in [0.29, 0.717) is 43.7 Å². The number of carbonyl (C=O) groups excluding carboxylic acids is 1. The maximum atomic E-state index is 12.5. The van der Waals surface area contributed by atoms with Crippen LogP contribution in [0.25, 0.3) is 0 Å². The summed E-state index contributed by atoms with van der Waals surface area (Å²) in [6.45, 7) is 4.72. The Kier molecular flexibility index (Phi) is 7.07. The molecule has 1 aliphatic heterocycles. The molecular weight excluding hydrogens is 350 g/mol. The summed E-state index contributed by atoms with van der Waals surface area (Å²) in [7, 11) is -3.18. The van der Waals surface area contributed by atoms with Gasteiger partial charge >= 0.3 is 0 Å². The van der Waals surface area contributed by atoms with Crippen molar-refractivity contribution in [3.63, 3.8) is 0 Å². The molecule has 1 aromatic carbocycles. The van der Waals surface area contributed by atoms with E-state index in [1.807, 2.05) is 13.8 Å². The van der Waals surface area contributed by atoms with E-state index in [2.05, 4.69) is 5.32 Å². The van der Waals surface area contributed by atoms with Gasteiger partial charge in [0.05, 0.1) is 16.9 Å². The number of hydrogen-bond acceptors (Lipinski definition) is 4. The number of amides is 1. The second-order valence-corrected chi connectivity index (χ2v) is 7.95. The number of hydrogen-bond donors (Lipinski definition) is 2. The maximum absolute atomic E-state index is 12.5. The molecule has 8 heteroatoms. The zero-order valence-electron chi connectivity index (χ0n) is 14.1. The van der Waals surface area contributed by atoms with Crippen molar-refractivity contribution in [2.24, 2.45) is 11.1 Å². The summed E-state index contributed by atoms with van der Waals surface area (Å²) in [5, 5.41) is 2.89. The number of nitrogens with two attached hydrogens (primary N) is 1. The highest BCUT2D eigenvalue weighted by Gasteiger charge is 2.33. The van der Waals surface area contributed by atoms with E-state index in [4.69, 9.17) is 5.73 Å². The standard InChI is InChI=1S/C16H25N3O3S.ClH/c1-3-16(4-2,12-17)15(20)18-13-6-8-14(9-7-13)19-10-5-11-23(19,21)22;/h6-9H,3-5,10-12,17H2,1-2H3,(H,18,20);1H. The van der Waals surface area contributed by atoms with Crippen LogP contribution in [0.4, 0.5) is 11.4 Å². The molecule has 1 aromatic rings. The quantitative estimate of drug-likeness (QED) is 0.798. The van der Waals surface area contributed by atoms with Crippen LogP contribution in [-0.2, 0) is 14.8 Å². The highest BCUT2D eigenvalue weighted by Crippen LogP contribution is 2.28. The molecule has 24 heavy (non-hydrogen) atoms. The highest BCUT2D eigenvalue weighted by molar-refractivity contribution is 7.93. The van der Waals surface area contributed by atoms with Gasteiger partial charge in [0, 0.05) is 18.8 Å². The second-order valence-electron chi connectivity index (χ2n) is 5.93. The topological polar surface area (TPSA) is 92.5 Å². The van der Waals surface area contributed by atoms with Crippen molar-refractivity contribution in [1.82, 2.24) is 0 Å². The molecule has 0 saturated carbocycles. The Morgan fingerprint density at radius 2 is 1.83 bits per heavy atom. The smallest absolute Gasteiger partial charge is 0.235 e. The molecule has 1 amide bonds. The number of halogens is 1. The summed E-state index contributed by atoms with van der Waals surface area (Å²) in [5.74, 6) is 0.101. The zero-order chi connectivity index (χ0) is 17.1. The van der Waals surface area contributed by atoms with Crippen molar-refractivity contribution in [2.45, 2.75) is 33.1 Å². The van der Waals surface area contributed by atoms with Crippen molar-refractivity contribution in [3.05, 3.63) is 24.3 Å². The number of rotatable bonds is 6. The van der Waals surface area contributed by atoms with Crippen LogP contribution in [0.5, 0.6) is 0 Å². The SMILES string of the molecule is CCC(CC)(CN)C(=O)Nc1ccc(N2CCCS2(=O)=O)cc1.Cl. The van der Waals surface area contributed by atoms with Crippen molar-refractivity contribution >= 4 is 39.7 Å². The Morgan fingerprint density at radius 3 is 2.25 bits per heavy atom. The zero-order valence-corrected chi connectivity index (χ0v) is 15.8. The summed E-state index contributed by atoms with van der Waals surface area (Å²) in [4.78, 5) is 12.5. The Morgan fingerprint density at radius 1 is 1.25 bits per heavy atom. The van der Waals surface area contributed by atoms with Crippen LogP contribution in [0.15, 0.2) is 24.3 Å². The van der Waals surface area contributed by atoms with Gasteiger partial charge in [0.25, 0.3) is 0 Å². The van der Waals surface area contributed by atoms with E-state index >= 15 is 0 Å². The van der Waals surface area contributed by atoms with Crippen molar-refractivity contribution in [2.75, 3.05) is 28.5 Å². The van der Waals surface area contributed by atoms with Gasteiger partial charge in [-0.3, -0.25) is 9.10 Å². The minimum absolute atomic E-state index is 0. The fourth-order valence-corrected chi connectivity index (χ4v) is 4.42. The van der Waals surface area contributed by atoms with Crippen molar-refractivity contribution in [3.8, 4) is 0 Å². The number of nitrogens with zero attached hydrogens (tertiary/aromatic N) is 1. The van der Waals surface area contributed by atoms with Crippen molar-refractivity contribution in [1.29, 1.82) is 0 Å². The molecular formula is C16H26ClN3O3S. The van der Waals surface area contributed by atoms with Crippen LogP contribution in [0.2, 0.25) is 0 Å². The van der Waals surface area contributed by atoms with Gasteiger partial charge in [0.1, 0.15) is 0 Å². The normalized spacial score (nSPS) is 16.5. The van der Waals surface area contributed by atoms with Gasteiger partial charge in [0.2, 0.25) is 15.9 Å². The molecule has 2 rings (SSSR count). The first kappa shape index (κ1) is 20.7. The molecule has 1 aliphatic rings. The summed E-state index contributed by atoms with van der Waals surface area (Å²) in [6.07, 6.45) is 2.00. The van der Waals surface area contributed by atoms with Crippen LogP contribution in [0.3, 0.4) is 0 Å². The van der Waals surface area contributed by atoms with Gasteiger partial charge in [0.15, 0.2) is 0 Å². The molecule has 136 valence electrons. The van der Waals surface area contributed by atoms with Gasteiger partial charge in [-0.15, -0.1) is 12.4 Å². The summed E-state index contributed by atoms with van der Waals surface area (Å²) < 4.78 is 25.2. The Hall–Kier alpha value is -1.31. The van der Waals surface area contributed by atoms with Gasteiger partial charge in [-0.05, 0) is 43.5 Å². The third-order valence-corrected chi connectivity index (χ3v) is 6.61. The third-order valence-electron chi connectivity index (χ3n) is 4.74. The predicted molar refractivity (Wildman–Crippen MR) is 100 cm³/mol. The minimum Gasteiger partial charge on any atom is -0.329 e. The first-order valence-electron chi connectivity index (χ1n) is 8.00. The Bertz CT molecular complexity index is 649. The second kappa shape index (κ2) is 8.18. The summed E-state index contributed by atoms with van der Waals surface area (Å²) in [5.41, 5.74) is 6.51. The van der Waals surface area contributed by atoms with Crippen molar-refractivity contribution < 1.29 is 13.2 Å². The Balaban J connectivity index is 0.00000288. The monoisotopic (exact) mass is 375 g/mol. The van der Waals surface area contributed by atoms with Gasteiger partial charge in [-0.1, -0.05) is 13.8 Å². The largest absolute Gasteiger partial charge is 0.329 e. The van der Waals surface area contributed by atoms with E-state index < -0.39 is 15.4 Å². The van der Waals surface area contributed by atoms with Crippen LogP contribution < -0.4 is 15.4 Å². The first-order valence-corrected chi connectivity index (χ1v) is 9.61. The molecule has 0 unspecified atom stereocenters. The molecule has 1 heterocycles. The molecule has 0 bridgehead atoms. The molecule has 3 N–H and O–H groups in total. The fourth-order valence-electron chi connectivity index (χ4n) is 2.86. The highest BCUT2D eigenvalue weighted by atomic mass is 35.5. The molecule has 0 aromatic heterocycles. The third kappa shape index (κ3) is 4.02. The average Bonchev–Trinajstić information content (AvgIpc) is 2.90. The maximum Gasteiger partial charge on any atom is 0.235 e. The lowest BCUT2D eigenvalue weighted by Crippen LogP contribution is -2.41. The van der Waals surface area contributed by atoms with Gasteiger partial charge < -0.3 is 11.1 Å². The van der Waals surface area contributed by atoms with Crippen LogP contribution in [0.1, 0.15) is 33.1 Å². The fraction of sp³-hybridized carbons (Fsp3) is 0.562. The lowest BCUT2D eigenvalue weighted by Gasteiger charge is -2.28. The van der Waals surface area contributed by atoms with Crippen LogP contribution in [0, 0.1) is 5.41 Å². The minimum atomic E-state index is -3.18. The van der Waals surface area contributed by atoms with E-state index in [-0.39, 0.29) is 24.1 Å². The Labute approximate surface area is 150 Å². The molecule has 0 atom stereocenters. The van der Waals surface area contributed by atoms with E-state index in [1.54, 1.807) is 24.3 Å². The molecule has 0 radical (unpaired) electrons. The molecule has 0 aliphatic carbocycles. The molecule has 1 fully saturated rings. The van der Waals surface area contributed by atoms with Gasteiger partial charge in [-0.2, -0.15) is 0 Å². The molecule has 6 nitrogen and oxygen atoms in total. The number of benzene rings is 1. The van der Waals surface area contributed by atoms with Crippen LogP contribution >= 0.6 is 12.4 Å². The number of sulfonamides is 1. The summed E-state index contributed by atoms with van der Waals surface area (Å²) >= 11 is 0. The van der Waals surface area contributed by atoms with Crippen LogP contribution in [-0.4, -0.2) is 33.2 Å². The van der Waals surface area contributed by atoms with E-state index in [1.165, 1.54) is 4.31 Å². The van der Waals surface area contributed by atoms with E-state index in [0.717, 1.165) is 0 Å². The number of carbonyl (C=O) groups is 1. The summed E-state index contributed by atoms with van der Waals surface area (Å²) in [6, 6.07) is 6.91. The van der Waals surface area contributed by atoms with Gasteiger partial charge in [-0.25, -0.2) is 8.42 Å². The lowest BCUT2D eigenvalue weighted by molar-refractivity contribution is -0.125. The number of nitrogens with one attached hydrogen (secondary N) is 1. The lowest BCUT2D eigenvalue weighted by atomic mass is 9.81. The average molecular weight is 376 g/mol. The molecule has 1 saturated heterocycles. The molecule has 0 spiro atoms. The number of anilines is 2. The first-order chi connectivity index (χ1) is 10.9.